The van der Waals surface area contributed by atoms with E-state index >= 15 is 0 Å². The van der Waals surface area contributed by atoms with E-state index < -0.39 is 0 Å². The third kappa shape index (κ3) is 2.91. The maximum Gasteiger partial charge on any atom is 0.223 e. The molecule has 6 nitrogen and oxygen atoms in total. The molecule has 0 saturated carbocycles. The van der Waals surface area contributed by atoms with Gasteiger partial charge in [-0.05, 0) is 25.0 Å². The minimum atomic E-state index is -0.00910. The molecule has 3 aromatic rings. The van der Waals surface area contributed by atoms with E-state index in [0.717, 1.165) is 34.8 Å². The van der Waals surface area contributed by atoms with E-state index in [1.165, 1.54) is 4.70 Å². The van der Waals surface area contributed by atoms with Gasteiger partial charge < -0.3 is 5.32 Å². The number of thiazole rings is 1. The van der Waals surface area contributed by atoms with Gasteiger partial charge in [-0.2, -0.15) is 15.4 Å². The summed E-state index contributed by atoms with van der Waals surface area (Å²) in [6.45, 7) is 2.72. The van der Waals surface area contributed by atoms with Crippen LogP contribution in [0.4, 0.5) is 0 Å². The third-order valence-electron chi connectivity index (χ3n) is 4.56. The first kappa shape index (κ1) is 15.3. The molecule has 2 heterocycles. The van der Waals surface area contributed by atoms with Crippen molar-refractivity contribution in [1.29, 1.82) is 0 Å². The number of H-pyrrole nitrogens is 1. The van der Waals surface area contributed by atoms with Crippen LogP contribution < -0.4 is 5.32 Å². The molecule has 0 bridgehead atoms. The lowest BCUT2D eigenvalue weighted by molar-refractivity contribution is -0.125. The second-order valence-corrected chi connectivity index (χ2v) is 7.38. The Labute approximate surface area is 143 Å². The molecule has 0 aliphatic heterocycles. The Hall–Kier alpha value is -2.28. The van der Waals surface area contributed by atoms with Crippen LogP contribution in [0.2, 0.25) is 0 Å². The van der Waals surface area contributed by atoms with Gasteiger partial charge in [-0.3, -0.25) is 4.79 Å². The number of benzene rings is 1. The smallest absolute Gasteiger partial charge is 0.223 e. The Morgan fingerprint density at radius 3 is 3.08 bits per heavy atom. The quantitative estimate of drug-likeness (QED) is 0.763. The number of nitrogens with one attached hydrogen (secondary N) is 2. The summed E-state index contributed by atoms with van der Waals surface area (Å²) in [4.78, 5) is 17.1. The van der Waals surface area contributed by atoms with Crippen LogP contribution in [0.5, 0.6) is 0 Å². The summed E-state index contributed by atoms with van der Waals surface area (Å²) >= 11 is 1.70. The normalized spacial score (nSPS) is 18.3. The fourth-order valence-corrected chi connectivity index (χ4v) is 4.11. The molecule has 7 heteroatoms. The monoisotopic (exact) mass is 341 g/mol. The lowest BCUT2D eigenvalue weighted by Crippen LogP contribution is -2.36. The van der Waals surface area contributed by atoms with Gasteiger partial charge in [-0.15, -0.1) is 11.3 Å². The number of aromatic amines is 1. The van der Waals surface area contributed by atoms with Crippen molar-refractivity contribution in [2.75, 3.05) is 6.54 Å². The van der Waals surface area contributed by atoms with Crippen LogP contribution in [0.3, 0.4) is 0 Å². The summed E-state index contributed by atoms with van der Waals surface area (Å²) in [6.07, 6.45) is 2.32. The third-order valence-corrected chi connectivity index (χ3v) is 5.83. The number of rotatable bonds is 4. The van der Waals surface area contributed by atoms with Crippen LogP contribution in [0.15, 0.2) is 24.3 Å². The molecule has 1 aromatic carbocycles. The second kappa shape index (κ2) is 6.32. The zero-order valence-electron chi connectivity index (χ0n) is 13.5. The molecule has 2 atom stereocenters. The van der Waals surface area contributed by atoms with E-state index in [2.05, 4.69) is 38.7 Å². The van der Waals surface area contributed by atoms with Gasteiger partial charge in [-0.1, -0.05) is 19.1 Å². The summed E-state index contributed by atoms with van der Waals surface area (Å²) in [5, 5.41) is 15.0. The zero-order valence-corrected chi connectivity index (χ0v) is 14.3. The average molecular weight is 341 g/mol. The molecular weight excluding hydrogens is 322 g/mol. The van der Waals surface area contributed by atoms with Crippen molar-refractivity contribution in [3.8, 4) is 0 Å². The summed E-state index contributed by atoms with van der Waals surface area (Å²) in [6, 6.07) is 8.13. The van der Waals surface area contributed by atoms with Crippen LogP contribution in [-0.2, 0) is 17.6 Å². The number of aromatic nitrogens is 4. The molecule has 1 amide bonds. The highest BCUT2D eigenvalue weighted by Gasteiger charge is 2.27. The number of hydrogen-bond acceptors (Lipinski definition) is 5. The van der Waals surface area contributed by atoms with Gasteiger partial charge in [0.05, 0.1) is 26.6 Å². The molecule has 1 aliphatic carbocycles. The average Bonchev–Trinajstić information content (AvgIpc) is 3.24. The van der Waals surface area contributed by atoms with E-state index in [1.54, 1.807) is 11.3 Å². The summed E-state index contributed by atoms with van der Waals surface area (Å²) in [5.41, 5.74) is 2.96. The molecule has 4 rings (SSSR count). The van der Waals surface area contributed by atoms with Gasteiger partial charge in [-0.25, -0.2) is 4.98 Å². The SMILES string of the molecule is C[C@@H](CNC(=O)[C@@H]1CCc2n[nH]nc2C1)c1nc2ccccc2s1. The van der Waals surface area contributed by atoms with Crippen molar-refractivity contribution in [1.82, 2.24) is 25.7 Å². The van der Waals surface area contributed by atoms with Gasteiger partial charge >= 0.3 is 0 Å². The first-order chi connectivity index (χ1) is 11.7. The van der Waals surface area contributed by atoms with E-state index in [-0.39, 0.29) is 17.7 Å². The highest BCUT2D eigenvalue weighted by atomic mass is 32.1. The van der Waals surface area contributed by atoms with Gasteiger partial charge in [0.2, 0.25) is 5.91 Å². The minimum absolute atomic E-state index is 0.00910. The number of hydrogen-bond donors (Lipinski definition) is 2. The Kier molecular flexibility index (Phi) is 4.02. The number of para-hydroxylation sites is 1. The standard InChI is InChI=1S/C17H19N5OS/c1-10(17-19-13-4-2-3-5-15(13)24-17)9-18-16(23)11-6-7-12-14(8-11)21-22-20-12/h2-5,10-11H,6-9H2,1H3,(H,18,23)(H,20,21,22)/t10-,11+/m0/s1. The summed E-state index contributed by atoms with van der Waals surface area (Å²) in [5.74, 6) is 0.305. The number of carbonyl (C=O) groups excluding carboxylic acids is 1. The molecule has 2 N–H and O–H groups in total. The molecule has 0 unspecified atom stereocenters. The van der Waals surface area contributed by atoms with Crippen molar-refractivity contribution in [3.63, 3.8) is 0 Å². The zero-order chi connectivity index (χ0) is 16.5. The molecular formula is C17H19N5OS. The highest BCUT2D eigenvalue weighted by molar-refractivity contribution is 7.18. The van der Waals surface area contributed by atoms with Gasteiger partial charge in [0, 0.05) is 24.8 Å². The fourth-order valence-electron chi connectivity index (χ4n) is 3.09. The molecule has 24 heavy (non-hydrogen) atoms. The number of nitrogens with zero attached hydrogens (tertiary/aromatic N) is 3. The van der Waals surface area contributed by atoms with Crippen molar-refractivity contribution in [2.24, 2.45) is 5.92 Å². The second-order valence-electron chi connectivity index (χ2n) is 6.32. The van der Waals surface area contributed by atoms with Gasteiger partial charge in [0.25, 0.3) is 0 Å². The molecule has 0 spiro atoms. The lowest BCUT2D eigenvalue weighted by Gasteiger charge is -2.20. The Bertz CT molecular complexity index is 838. The topological polar surface area (TPSA) is 83.6 Å². The number of fused-ring (bicyclic) bond motifs is 2. The Balaban J connectivity index is 1.37. The maximum atomic E-state index is 12.5. The fraction of sp³-hybridized carbons (Fsp3) is 0.412. The minimum Gasteiger partial charge on any atom is -0.355 e. The number of amides is 1. The van der Waals surface area contributed by atoms with E-state index in [9.17, 15) is 4.79 Å². The van der Waals surface area contributed by atoms with E-state index in [1.807, 2.05) is 18.2 Å². The highest BCUT2D eigenvalue weighted by Crippen LogP contribution is 2.27. The van der Waals surface area contributed by atoms with Crippen molar-refractivity contribution >= 4 is 27.5 Å². The van der Waals surface area contributed by atoms with Crippen LogP contribution in [0, 0.1) is 5.92 Å². The predicted molar refractivity (Wildman–Crippen MR) is 92.9 cm³/mol. The molecule has 0 fully saturated rings. The number of carbonyl (C=O) groups is 1. The lowest BCUT2D eigenvalue weighted by atomic mass is 9.89. The van der Waals surface area contributed by atoms with E-state index in [0.29, 0.717) is 13.0 Å². The molecule has 1 aliphatic rings. The summed E-state index contributed by atoms with van der Waals surface area (Å²) < 4.78 is 1.19. The van der Waals surface area contributed by atoms with Crippen LogP contribution >= 0.6 is 11.3 Å². The Morgan fingerprint density at radius 1 is 1.38 bits per heavy atom. The van der Waals surface area contributed by atoms with Gasteiger partial charge in [0.15, 0.2) is 0 Å². The van der Waals surface area contributed by atoms with E-state index in [4.69, 9.17) is 0 Å². The van der Waals surface area contributed by atoms with Crippen LogP contribution in [0.25, 0.3) is 10.2 Å². The first-order valence-electron chi connectivity index (χ1n) is 8.22. The molecule has 0 radical (unpaired) electrons. The van der Waals surface area contributed by atoms with Gasteiger partial charge in [0.1, 0.15) is 0 Å². The maximum absolute atomic E-state index is 12.5. The van der Waals surface area contributed by atoms with Crippen LogP contribution in [0.1, 0.15) is 35.7 Å². The van der Waals surface area contributed by atoms with Crippen molar-refractivity contribution in [2.45, 2.75) is 32.1 Å². The first-order valence-corrected chi connectivity index (χ1v) is 9.04. The van der Waals surface area contributed by atoms with Crippen molar-refractivity contribution < 1.29 is 4.79 Å². The predicted octanol–water partition coefficient (Wildman–Crippen LogP) is 2.44. The van der Waals surface area contributed by atoms with Crippen LogP contribution in [-0.4, -0.2) is 32.8 Å². The molecule has 2 aromatic heterocycles. The molecule has 124 valence electrons. The Morgan fingerprint density at radius 2 is 2.21 bits per heavy atom. The summed E-state index contributed by atoms with van der Waals surface area (Å²) in [7, 11) is 0. The molecule has 0 saturated heterocycles. The number of aryl methyl sites for hydroxylation is 1. The van der Waals surface area contributed by atoms with Crippen molar-refractivity contribution in [3.05, 3.63) is 40.7 Å². The largest absolute Gasteiger partial charge is 0.355 e.